The Bertz CT molecular complexity index is 1020. The number of fused-ring (bicyclic) bond motifs is 1. The van der Waals surface area contributed by atoms with Gasteiger partial charge in [0.2, 0.25) is 0 Å². The number of carbonyl (C=O) groups excluding carboxylic acids is 1. The molecule has 2 aromatic carbocycles. The molecule has 5 nitrogen and oxygen atoms in total. The highest BCUT2D eigenvalue weighted by molar-refractivity contribution is 6.10. The van der Waals surface area contributed by atoms with E-state index in [-0.39, 0.29) is 5.57 Å². The van der Waals surface area contributed by atoms with E-state index in [1.807, 2.05) is 68.4 Å². The zero-order chi connectivity index (χ0) is 19.2. The number of rotatable bonds is 6. The van der Waals surface area contributed by atoms with Crippen molar-refractivity contribution in [2.24, 2.45) is 0 Å². The number of furan rings is 1. The molecule has 0 aliphatic carbocycles. The Labute approximate surface area is 158 Å². The van der Waals surface area contributed by atoms with Crippen molar-refractivity contribution in [1.29, 1.82) is 5.26 Å². The fourth-order valence-corrected chi connectivity index (χ4v) is 2.88. The number of nitrogens with one attached hydrogen (secondary N) is 1. The summed E-state index contributed by atoms with van der Waals surface area (Å²) in [6.45, 7) is 5.72. The number of hydrogen-bond donors (Lipinski definition) is 1. The van der Waals surface area contributed by atoms with Gasteiger partial charge in [0.15, 0.2) is 5.88 Å². The lowest BCUT2D eigenvalue weighted by Crippen LogP contribution is -2.20. The minimum atomic E-state index is -0.464. The highest BCUT2D eigenvalue weighted by Gasteiger charge is 2.12. The molecular weight excluding hydrogens is 338 g/mol. The summed E-state index contributed by atoms with van der Waals surface area (Å²) >= 11 is 0. The maximum Gasteiger partial charge on any atom is 0.266 e. The summed E-state index contributed by atoms with van der Waals surface area (Å²) < 4.78 is 5.74. The Morgan fingerprint density at radius 2 is 1.85 bits per heavy atom. The maximum absolute atomic E-state index is 12.5. The average molecular weight is 359 g/mol. The molecule has 0 radical (unpaired) electrons. The summed E-state index contributed by atoms with van der Waals surface area (Å²) in [6.07, 6.45) is 1.46. The third kappa shape index (κ3) is 4.18. The van der Waals surface area contributed by atoms with Crippen molar-refractivity contribution in [2.45, 2.75) is 13.8 Å². The number of carbonyl (C=O) groups is 1. The van der Waals surface area contributed by atoms with Crippen LogP contribution in [0.2, 0.25) is 0 Å². The molecule has 1 heterocycles. The molecule has 0 bridgehead atoms. The van der Waals surface area contributed by atoms with Crippen molar-refractivity contribution in [3.63, 3.8) is 0 Å². The SMILES string of the molecule is CCN(CC)c1ccc(C=C(C#N)C(=O)Nc2ccc3ccccc3c2)o1. The summed E-state index contributed by atoms with van der Waals surface area (Å²) in [4.78, 5) is 14.5. The largest absolute Gasteiger partial charge is 0.441 e. The van der Waals surface area contributed by atoms with Crippen LogP contribution in [0, 0.1) is 11.3 Å². The van der Waals surface area contributed by atoms with Crippen LogP contribution in [0.4, 0.5) is 11.6 Å². The molecule has 1 amide bonds. The van der Waals surface area contributed by atoms with Crippen molar-refractivity contribution < 1.29 is 9.21 Å². The normalized spacial score (nSPS) is 11.2. The molecule has 0 fully saturated rings. The highest BCUT2D eigenvalue weighted by atomic mass is 16.4. The quantitative estimate of drug-likeness (QED) is 0.506. The molecule has 1 aromatic heterocycles. The van der Waals surface area contributed by atoms with Crippen LogP contribution in [-0.4, -0.2) is 19.0 Å². The third-order valence-corrected chi connectivity index (χ3v) is 4.35. The fraction of sp³-hybridized carbons (Fsp3) is 0.182. The van der Waals surface area contributed by atoms with E-state index in [1.54, 1.807) is 6.07 Å². The Hall–Kier alpha value is -3.52. The number of nitriles is 1. The Kier molecular flexibility index (Phi) is 5.58. The van der Waals surface area contributed by atoms with Gasteiger partial charge >= 0.3 is 0 Å². The average Bonchev–Trinajstić information content (AvgIpc) is 3.15. The van der Waals surface area contributed by atoms with E-state index < -0.39 is 5.91 Å². The molecule has 136 valence electrons. The zero-order valence-electron chi connectivity index (χ0n) is 15.4. The minimum Gasteiger partial charge on any atom is -0.441 e. The first-order chi connectivity index (χ1) is 13.1. The fourth-order valence-electron chi connectivity index (χ4n) is 2.88. The highest BCUT2D eigenvalue weighted by Crippen LogP contribution is 2.22. The second kappa shape index (κ2) is 8.24. The monoisotopic (exact) mass is 359 g/mol. The minimum absolute atomic E-state index is 0.0106. The number of amides is 1. The van der Waals surface area contributed by atoms with Crippen molar-refractivity contribution in [1.82, 2.24) is 0 Å². The lowest BCUT2D eigenvalue weighted by molar-refractivity contribution is -0.112. The summed E-state index contributed by atoms with van der Waals surface area (Å²) in [6, 6.07) is 19.1. The molecule has 3 rings (SSSR count). The number of anilines is 2. The van der Waals surface area contributed by atoms with Crippen molar-refractivity contribution in [3.05, 3.63) is 65.9 Å². The van der Waals surface area contributed by atoms with Gasteiger partial charge in [-0.3, -0.25) is 4.79 Å². The van der Waals surface area contributed by atoms with Gasteiger partial charge in [-0.25, -0.2) is 0 Å². The van der Waals surface area contributed by atoms with Crippen LogP contribution in [0.15, 0.2) is 64.6 Å². The van der Waals surface area contributed by atoms with Gasteiger partial charge < -0.3 is 14.6 Å². The lowest BCUT2D eigenvalue weighted by Gasteiger charge is -2.16. The zero-order valence-corrected chi connectivity index (χ0v) is 15.4. The maximum atomic E-state index is 12.5. The summed E-state index contributed by atoms with van der Waals surface area (Å²) in [5, 5.41) is 14.3. The van der Waals surface area contributed by atoms with Gasteiger partial charge in [0.25, 0.3) is 5.91 Å². The van der Waals surface area contributed by atoms with Gasteiger partial charge in [0.05, 0.1) is 0 Å². The number of nitrogens with zero attached hydrogens (tertiary/aromatic N) is 2. The molecule has 0 saturated carbocycles. The number of hydrogen-bond acceptors (Lipinski definition) is 4. The van der Waals surface area contributed by atoms with Crippen LogP contribution >= 0.6 is 0 Å². The second-order valence-corrected chi connectivity index (χ2v) is 6.03. The first-order valence-corrected chi connectivity index (χ1v) is 8.91. The lowest BCUT2D eigenvalue weighted by atomic mass is 10.1. The predicted molar refractivity (Wildman–Crippen MR) is 108 cm³/mol. The van der Waals surface area contributed by atoms with E-state index in [4.69, 9.17) is 4.42 Å². The van der Waals surface area contributed by atoms with E-state index in [2.05, 4.69) is 10.2 Å². The summed E-state index contributed by atoms with van der Waals surface area (Å²) in [5.74, 6) is 0.731. The van der Waals surface area contributed by atoms with E-state index in [9.17, 15) is 10.1 Å². The molecule has 0 saturated heterocycles. The first-order valence-electron chi connectivity index (χ1n) is 8.91. The Morgan fingerprint density at radius 3 is 2.56 bits per heavy atom. The number of benzene rings is 2. The van der Waals surface area contributed by atoms with E-state index >= 15 is 0 Å². The van der Waals surface area contributed by atoms with Crippen molar-refractivity contribution >= 4 is 34.3 Å². The van der Waals surface area contributed by atoms with Gasteiger partial charge in [-0.05, 0) is 42.8 Å². The molecule has 0 atom stereocenters. The molecular formula is C22H21N3O2. The summed E-state index contributed by atoms with van der Waals surface area (Å²) in [5.41, 5.74) is 0.631. The topological polar surface area (TPSA) is 69.3 Å². The van der Waals surface area contributed by atoms with Gasteiger partial charge in [-0.1, -0.05) is 30.3 Å². The van der Waals surface area contributed by atoms with Crippen molar-refractivity contribution in [2.75, 3.05) is 23.3 Å². The molecule has 27 heavy (non-hydrogen) atoms. The third-order valence-electron chi connectivity index (χ3n) is 4.35. The van der Waals surface area contributed by atoms with Crippen molar-refractivity contribution in [3.8, 4) is 6.07 Å². The van der Waals surface area contributed by atoms with Gasteiger partial charge in [0, 0.05) is 30.9 Å². The molecule has 5 heteroatoms. The Morgan fingerprint density at radius 1 is 1.11 bits per heavy atom. The van der Waals surface area contributed by atoms with Gasteiger partial charge in [-0.2, -0.15) is 5.26 Å². The first kappa shape index (κ1) is 18.3. The van der Waals surface area contributed by atoms with Gasteiger partial charge in [0.1, 0.15) is 17.4 Å². The van der Waals surface area contributed by atoms with Crippen LogP contribution < -0.4 is 10.2 Å². The van der Waals surface area contributed by atoms with Crippen LogP contribution in [0.3, 0.4) is 0 Å². The van der Waals surface area contributed by atoms with Crippen LogP contribution in [-0.2, 0) is 4.79 Å². The molecule has 1 N–H and O–H groups in total. The standard InChI is InChI=1S/C22H21N3O2/c1-3-25(4-2)21-12-11-20(27-21)14-18(15-23)22(26)24-19-10-9-16-7-5-6-8-17(16)13-19/h5-14H,3-4H2,1-2H3,(H,24,26). The predicted octanol–water partition coefficient (Wildman–Crippen LogP) is 4.82. The molecule has 0 aliphatic heterocycles. The second-order valence-electron chi connectivity index (χ2n) is 6.03. The Balaban J connectivity index is 1.79. The smallest absolute Gasteiger partial charge is 0.266 e. The molecule has 0 aliphatic rings. The molecule has 0 spiro atoms. The van der Waals surface area contributed by atoms with Crippen LogP contribution in [0.25, 0.3) is 16.8 Å². The molecule has 3 aromatic rings. The van der Waals surface area contributed by atoms with E-state index in [0.717, 1.165) is 29.7 Å². The van der Waals surface area contributed by atoms with Crippen LogP contribution in [0.5, 0.6) is 0 Å². The summed E-state index contributed by atoms with van der Waals surface area (Å²) in [7, 11) is 0. The van der Waals surface area contributed by atoms with Crippen LogP contribution in [0.1, 0.15) is 19.6 Å². The molecule has 0 unspecified atom stereocenters. The van der Waals surface area contributed by atoms with E-state index in [1.165, 1.54) is 6.08 Å². The van der Waals surface area contributed by atoms with Gasteiger partial charge in [-0.15, -0.1) is 0 Å². The van der Waals surface area contributed by atoms with E-state index in [0.29, 0.717) is 11.4 Å².